The van der Waals surface area contributed by atoms with Crippen LogP contribution < -0.4 is 15.9 Å². The number of hydrogen-bond acceptors (Lipinski definition) is 0. The molecule has 0 radical (unpaired) electrons. The van der Waals surface area contributed by atoms with Crippen molar-refractivity contribution in [2.75, 3.05) is 11.5 Å². The Kier molecular flexibility index (Phi) is 5.06. The van der Waals surface area contributed by atoms with Crippen molar-refractivity contribution in [2.45, 2.75) is 0 Å². The molecule has 0 spiro atoms. The van der Waals surface area contributed by atoms with E-state index in [-0.39, 0.29) is 0 Å². The molecular weight excluding hydrogens is 431 g/mol. The van der Waals surface area contributed by atoms with Gasteiger partial charge in [0.05, 0.1) is 0 Å². The molecule has 0 aromatic heterocycles. The third kappa shape index (κ3) is 2.82. The molecule has 3 aromatic carbocycles. The average molecular weight is 450 g/mol. The van der Waals surface area contributed by atoms with Crippen molar-refractivity contribution in [1.29, 1.82) is 0 Å². The number of alkyl halides is 1. The van der Waals surface area contributed by atoms with Crippen LogP contribution >= 0.6 is 36.7 Å². The molecule has 0 aliphatic rings. The van der Waals surface area contributed by atoms with Crippen molar-refractivity contribution >= 4 is 52.6 Å². The molecule has 118 valence electrons. The van der Waals surface area contributed by atoms with Crippen LogP contribution in [0, 0.1) is 0 Å². The third-order valence-electron chi connectivity index (χ3n) is 4.39. The molecule has 0 amide bonds. The molecule has 0 unspecified atom stereocenters. The van der Waals surface area contributed by atoms with E-state index in [1.54, 1.807) is 0 Å². The molecule has 3 heteroatoms. The summed E-state index contributed by atoms with van der Waals surface area (Å²) in [5, 5.41) is 2.39. The minimum atomic E-state index is -2.66. The van der Waals surface area contributed by atoms with Crippen LogP contribution in [0.5, 0.6) is 0 Å². The van der Waals surface area contributed by atoms with Crippen LogP contribution in [0.25, 0.3) is 0 Å². The second kappa shape index (κ2) is 6.89. The Hall–Kier alpha value is -0.950. The first kappa shape index (κ1) is 16.9. The molecule has 0 fully saturated rings. The molecule has 23 heavy (non-hydrogen) atoms. The van der Waals surface area contributed by atoms with Crippen LogP contribution in [-0.4, -0.2) is 11.5 Å². The van der Waals surface area contributed by atoms with Crippen molar-refractivity contribution in [3.63, 3.8) is 0 Å². The van der Waals surface area contributed by atoms with Gasteiger partial charge in [-0.3, -0.25) is 0 Å². The molecule has 3 rings (SSSR count). The summed E-state index contributed by atoms with van der Waals surface area (Å²) in [5.74, 6) is 0. The van der Waals surface area contributed by atoms with E-state index in [2.05, 4.69) is 122 Å². The molecule has 0 N–H and O–H groups in total. The number of rotatable bonds is 5. The summed E-state index contributed by atoms with van der Waals surface area (Å²) in [6.45, 7) is 0. The number of halogens is 2. The summed E-state index contributed by atoms with van der Waals surface area (Å²) in [6.07, 6.45) is 1.03. The van der Waals surface area contributed by atoms with Gasteiger partial charge in [-0.1, -0.05) is 0 Å². The van der Waals surface area contributed by atoms with Crippen LogP contribution in [0.3, 0.4) is 0 Å². The van der Waals surface area contributed by atoms with Gasteiger partial charge in [0, 0.05) is 0 Å². The van der Waals surface area contributed by atoms with Crippen LogP contribution in [0.2, 0.25) is 0 Å². The summed E-state index contributed by atoms with van der Waals surface area (Å²) in [5.41, 5.74) is 0. The van der Waals surface area contributed by atoms with Gasteiger partial charge in [-0.15, -0.1) is 0 Å². The van der Waals surface area contributed by atoms with Gasteiger partial charge >= 0.3 is 155 Å². The maximum atomic E-state index is 4.38. The first-order valence-corrected chi connectivity index (χ1v) is 13.2. The molecule has 0 bridgehead atoms. The number of hydrogen-bond donors (Lipinski definition) is 0. The van der Waals surface area contributed by atoms with Crippen LogP contribution in [-0.2, 0) is 0 Å². The van der Waals surface area contributed by atoms with Crippen molar-refractivity contribution in [3.05, 3.63) is 91.0 Å². The van der Waals surface area contributed by atoms with Crippen LogP contribution in [0.15, 0.2) is 91.0 Å². The molecule has 0 nitrogen and oxygen atoms in total. The van der Waals surface area contributed by atoms with E-state index in [0.29, 0.717) is 0 Å². The molecule has 0 saturated carbocycles. The first-order valence-electron chi connectivity index (χ1n) is 7.66. The Morgan fingerprint density at radius 2 is 0.870 bits per heavy atom. The predicted molar refractivity (Wildman–Crippen MR) is 113 cm³/mol. The fourth-order valence-electron chi connectivity index (χ4n) is 3.21. The standard InChI is InChI=1S/C20H19Br2P/c21-16-17-23(22,18-10-4-1-5-11-18,19-12-6-2-7-13-19)20-14-8-3-9-15-20/h1-15H,16-17H2. The van der Waals surface area contributed by atoms with Gasteiger partial charge in [0.1, 0.15) is 0 Å². The zero-order valence-electron chi connectivity index (χ0n) is 12.8. The second-order valence-electron chi connectivity index (χ2n) is 5.60. The normalized spacial score (nSPS) is 13.2. The van der Waals surface area contributed by atoms with E-state index in [9.17, 15) is 0 Å². The monoisotopic (exact) mass is 448 g/mol. The van der Waals surface area contributed by atoms with Crippen molar-refractivity contribution in [1.82, 2.24) is 0 Å². The Morgan fingerprint density at radius 1 is 0.565 bits per heavy atom. The molecule has 3 aromatic rings. The predicted octanol–water partition coefficient (Wildman–Crippen LogP) is 5.22. The van der Waals surface area contributed by atoms with Gasteiger partial charge in [0.25, 0.3) is 0 Å². The Bertz CT molecular complexity index is 658. The molecular formula is C20H19Br2P. The van der Waals surface area contributed by atoms with E-state index >= 15 is 0 Å². The van der Waals surface area contributed by atoms with Crippen molar-refractivity contribution in [2.24, 2.45) is 0 Å². The third-order valence-corrected chi connectivity index (χ3v) is 15.3. The van der Waals surface area contributed by atoms with Crippen LogP contribution in [0.1, 0.15) is 0 Å². The Morgan fingerprint density at radius 3 is 1.13 bits per heavy atom. The molecule has 0 saturated heterocycles. The molecule has 0 aliphatic heterocycles. The fourth-order valence-corrected chi connectivity index (χ4v) is 13.8. The van der Waals surface area contributed by atoms with Gasteiger partial charge < -0.3 is 0 Å². The SMILES string of the molecule is BrCCP(Br)(c1ccccc1)(c1ccccc1)c1ccccc1. The second-order valence-corrected chi connectivity index (χ2v) is 15.5. The summed E-state index contributed by atoms with van der Waals surface area (Å²) in [7, 11) is 0. The van der Waals surface area contributed by atoms with Gasteiger partial charge in [-0.2, -0.15) is 0 Å². The van der Waals surface area contributed by atoms with E-state index in [4.69, 9.17) is 0 Å². The fraction of sp³-hybridized carbons (Fsp3) is 0.100. The number of benzene rings is 3. The van der Waals surface area contributed by atoms with Crippen LogP contribution in [0.4, 0.5) is 0 Å². The van der Waals surface area contributed by atoms with Crippen molar-refractivity contribution in [3.8, 4) is 0 Å². The summed E-state index contributed by atoms with van der Waals surface area (Å²) < 4.78 is 0. The zero-order chi connectivity index (χ0) is 16.2. The van der Waals surface area contributed by atoms with Gasteiger partial charge in [-0.05, 0) is 0 Å². The Labute approximate surface area is 154 Å². The van der Waals surface area contributed by atoms with Gasteiger partial charge in [-0.25, -0.2) is 0 Å². The minimum absolute atomic E-state index is 0.939. The molecule has 0 aliphatic carbocycles. The van der Waals surface area contributed by atoms with E-state index in [1.807, 2.05) is 0 Å². The first-order chi connectivity index (χ1) is 11.2. The quantitative estimate of drug-likeness (QED) is 0.370. The van der Waals surface area contributed by atoms with Gasteiger partial charge in [0.15, 0.2) is 0 Å². The van der Waals surface area contributed by atoms with E-state index < -0.39 is 5.31 Å². The topological polar surface area (TPSA) is 0 Å². The summed E-state index contributed by atoms with van der Waals surface area (Å²) in [6, 6.07) is 32.6. The van der Waals surface area contributed by atoms with Crippen molar-refractivity contribution < 1.29 is 0 Å². The summed E-state index contributed by atoms with van der Waals surface area (Å²) in [4.78, 5) is 0. The zero-order valence-corrected chi connectivity index (χ0v) is 16.8. The van der Waals surface area contributed by atoms with E-state index in [1.165, 1.54) is 15.9 Å². The molecule has 0 atom stereocenters. The average Bonchev–Trinajstić information content (AvgIpc) is 2.64. The van der Waals surface area contributed by atoms with Gasteiger partial charge in [0.2, 0.25) is 0 Å². The maximum absolute atomic E-state index is 4.38. The Balaban J connectivity index is 2.41. The molecule has 0 heterocycles. The summed E-state index contributed by atoms with van der Waals surface area (Å²) >= 11 is 8.09. The van der Waals surface area contributed by atoms with E-state index in [0.717, 1.165) is 11.5 Å².